The number of aryl methyl sites for hydroxylation is 1. The van der Waals surface area contributed by atoms with Crippen LogP contribution >= 0.6 is 0 Å². The van der Waals surface area contributed by atoms with Gasteiger partial charge in [0.1, 0.15) is 0 Å². The van der Waals surface area contributed by atoms with Gasteiger partial charge in [0.2, 0.25) is 0 Å². The number of hydrogen-bond acceptors (Lipinski definition) is 4. The second kappa shape index (κ2) is 6.68. The SMILES string of the molecule is CCOC(=O)c1cc2c(=O)n(-c3ccc4ccccc4c3)ccc2nc1C. The number of fused-ring (bicyclic) bond motifs is 2. The third-order valence-corrected chi connectivity index (χ3v) is 4.58. The lowest BCUT2D eigenvalue weighted by atomic mass is 10.1. The summed E-state index contributed by atoms with van der Waals surface area (Å²) in [6.45, 7) is 3.75. The van der Waals surface area contributed by atoms with Crippen LogP contribution in [0.3, 0.4) is 0 Å². The average molecular weight is 358 g/mol. The molecule has 0 aliphatic heterocycles. The van der Waals surface area contributed by atoms with Gasteiger partial charge in [-0.3, -0.25) is 14.3 Å². The van der Waals surface area contributed by atoms with Gasteiger partial charge in [-0.15, -0.1) is 0 Å². The Morgan fingerprint density at radius 2 is 1.85 bits per heavy atom. The van der Waals surface area contributed by atoms with Crippen molar-refractivity contribution in [1.82, 2.24) is 9.55 Å². The van der Waals surface area contributed by atoms with E-state index in [2.05, 4.69) is 4.98 Å². The molecule has 2 aromatic carbocycles. The highest BCUT2D eigenvalue weighted by molar-refractivity contribution is 5.95. The summed E-state index contributed by atoms with van der Waals surface area (Å²) in [5.41, 5.74) is 1.96. The van der Waals surface area contributed by atoms with Gasteiger partial charge in [-0.2, -0.15) is 0 Å². The second-order valence-electron chi connectivity index (χ2n) is 6.30. The Morgan fingerprint density at radius 3 is 2.63 bits per heavy atom. The summed E-state index contributed by atoms with van der Waals surface area (Å²) in [5, 5.41) is 2.55. The van der Waals surface area contributed by atoms with E-state index in [1.807, 2.05) is 42.5 Å². The number of pyridine rings is 2. The smallest absolute Gasteiger partial charge is 0.339 e. The van der Waals surface area contributed by atoms with E-state index in [1.54, 1.807) is 36.7 Å². The molecule has 0 spiro atoms. The number of hydrogen-bond donors (Lipinski definition) is 0. The Morgan fingerprint density at radius 1 is 1.07 bits per heavy atom. The Bertz CT molecular complexity index is 1240. The molecule has 134 valence electrons. The van der Waals surface area contributed by atoms with Crippen LogP contribution in [0, 0.1) is 6.92 Å². The van der Waals surface area contributed by atoms with E-state index in [-0.39, 0.29) is 12.2 Å². The highest BCUT2D eigenvalue weighted by Crippen LogP contribution is 2.19. The normalized spacial score (nSPS) is 11.0. The molecular formula is C22H18N2O3. The minimum atomic E-state index is -0.468. The lowest BCUT2D eigenvalue weighted by molar-refractivity contribution is 0.0525. The highest BCUT2D eigenvalue weighted by atomic mass is 16.5. The van der Waals surface area contributed by atoms with Crippen molar-refractivity contribution in [2.24, 2.45) is 0 Å². The molecule has 5 nitrogen and oxygen atoms in total. The lowest BCUT2D eigenvalue weighted by Crippen LogP contribution is -2.19. The molecule has 0 fully saturated rings. The molecule has 0 saturated carbocycles. The molecule has 0 atom stereocenters. The van der Waals surface area contributed by atoms with E-state index >= 15 is 0 Å². The van der Waals surface area contributed by atoms with Crippen LogP contribution in [0.2, 0.25) is 0 Å². The third-order valence-electron chi connectivity index (χ3n) is 4.58. The van der Waals surface area contributed by atoms with E-state index in [0.29, 0.717) is 22.2 Å². The maximum absolute atomic E-state index is 13.1. The maximum atomic E-state index is 13.1. The number of nitrogens with zero attached hydrogens (tertiary/aromatic N) is 2. The number of rotatable bonds is 3. The van der Waals surface area contributed by atoms with Crippen molar-refractivity contribution < 1.29 is 9.53 Å². The number of carbonyl (C=O) groups is 1. The first-order valence-corrected chi connectivity index (χ1v) is 8.78. The zero-order chi connectivity index (χ0) is 19.0. The first-order valence-electron chi connectivity index (χ1n) is 8.78. The minimum absolute atomic E-state index is 0.221. The van der Waals surface area contributed by atoms with Gasteiger partial charge in [0, 0.05) is 11.9 Å². The van der Waals surface area contributed by atoms with Gasteiger partial charge in [-0.05, 0) is 48.9 Å². The molecule has 0 N–H and O–H groups in total. The quantitative estimate of drug-likeness (QED) is 0.519. The van der Waals surface area contributed by atoms with Crippen LogP contribution < -0.4 is 5.56 Å². The Kier molecular flexibility index (Phi) is 4.20. The van der Waals surface area contributed by atoms with E-state index in [9.17, 15) is 9.59 Å². The Balaban J connectivity index is 1.91. The van der Waals surface area contributed by atoms with Gasteiger partial charge in [0.15, 0.2) is 0 Å². The zero-order valence-electron chi connectivity index (χ0n) is 15.1. The van der Waals surface area contributed by atoms with E-state index in [4.69, 9.17) is 4.74 Å². The molecule has 0 saturated heterocycles. The van der Waals surface area contributed by atoms with Crippen molar-refractivity contribution in [3.63, 3.8) is 0 Å². The number of esters is 1. The van der Waals surface area contributed by atoms with Crippen LogP contribution in [0.4, 0.5) is 0 Å². The fourth-order valence-corrected chi connectivity index (χ4v) is 3.21. The van der Waals surface area contributed by atoms with Crippen LogP contribution in [0.15, 0.2) is 65.6 Å². The monoisotopic (exact) mass is 358 g/mol. The molecular weight excluding hydrogens is 340 g/mol. The van der Waals surface area contributed by atoms with Gasteiger partial charge in [0.05, 0.1) is 28.8 Å². The number of ether oxygens (including phenoxy) is 1. The van der Waals surface area contributed by atoms with Crippen LogP contribution in [-0.4, -0.2) is 22.1 Å². The van der Waals surface area contributed by atoms with Crippen molar-refractivity contribution in [3.05, 3.63) is 82.4 Å². The molecule has 4 rings (SSSR count). The topological polar surface area (TPSA) is 61.2 Å². The molecule has 0 aliphatic carbocycles. The molecule has 0 unspecified atom stereocenters. The fraction of sp³-hybridized carbons (Fsp3) is 0.136. The second-order valence-corrected chi connectivity index (χ2v) is 6.30. The van der Waals surface area contributed by atoms with Crippen LogP contribution in [0.25, 0.3) is 27.4 Å². The van der Waals surface area contributed by atoms with Crippen molar-refractivity contribution in [2.45, 2.75) is 13.8 Å². The Labute approximate surface area is 155 Å². The van der Waals surface area contributed by atoms with Gasteiger partial charge in [-0.1, -0.05) is 30.3 Å². The van der Waals surface area contributed by atoms with Crippen molar-refractivity contribution in [2.75, 3.05) is 6.61 Å². The summed E-state index contributed by atoms with van der Waals surface area (Å²) < 4.78 is 6.64. The summed E-state index contributed by atoms with van der Waals surface area (Å²) >= 11 is 0. The average Bonchev–Trinajstić information content (AvgIpc) is 2.67. The van der Waals surface area contributed by atoms with Crippen LogP contribution in [-0.2, 0) is 4.74 Å². The molecule has 0 bridgehead atoms. The summed E-state index contributed by atoms with van der Waals surface area (Å²) in [7, 11) is 0. The van der Waals surface area contributed by atoms with Crippen molar-refractivity contribution in [3.8, 4) is 5.69 Å². The molecule has 2 heterocycles. The van der Waals surface area contributed by atoms with Crippen molar-refractivity contribution >= 4 is 27.6 Å². The summed E-state index contributed by atoms with van der Waals surface area (Å²) in [4.78, 5) is 29.6. The van der Waals surface area contributed by atoms with Crippen molar-refractivity contribution in [1.29, 1.82) is 0 Å². The van der Waals surface area contributed by atoms with Gasteiger partial charge in [-0.25, -0.2) is 4.79 Å². The van der Waals surface area contributed by atoms with E-state index in [0.717, 1.165) is 16.5 Å². The van der Waals surface area contributed by atoms with Gasteiger partial charge >= 0.3 is 5.97 Å². The summed E-state index contributed by atoms with van der Waals surface area (Å²) in [6, 6.07) is 17.2. The summed E-state index contributed by atoms with van der Waals surface area (Å²) in [6.07, 6.45) is 1.71. The molecule has 0 amide bonds. The fourth-order valence-electron chi connectivity index (χ4n) is 3.21. The lowest BCUT2D eigenvalue weighted by Gasteiger charge is -2.10. The van der Waals surface area contributed by atoms with Gasteiger partial charge < -0.3 is 4.74 Å². The van der Waals surface area contributed by atoms with Gasteiger partial charge in [0.25, 0.3) is 5.56 Å². The maximum Gasteiger partial charge on any atom is 0.339 e. The standard InChI is InChI=1S/C22H18N2O3/c1-3-27-22(26)18-13-19-20(23-14(18)2)10-11-24(21(19)25)17-9-8-15-6-4-5-7-16(15)12-17/h4-13H,3H2,1-2H3. The molecule has 2 aromatic heterocycles. The minimum Gasteiger partial charge on any atom is -0.462 e. The first-order chi connectivity index (χ1) is 13.1. The number of carbonyl (C=O) groups excluding carboxylic acids is 1. The molecule has 27 heavy (non-hydrogen) atoms. The molecule has 0 radical (unpaired) electrons. The molecule has 4 aromatic rings. The number of aromatic nitrogens is 2. The number of benzene rings is 2. The Hall–Kier alpha value is -3.47. The third kappa shape index (κ3) is 2.97. The highest BCUT2D eigenvalue weighted by Gasteiger charge is 2.15. The van der Waals surface area contributed by atoms with Crippen LogP contribution in [0.1, 0.15) is 23.0 Å². The van der Waals surface area contributed by atoms with Crippen LogP contribution in [0.5, 0.6) is 0 Å². The van der Waals surface area contributed by atoms with E-state index < -0.39 is 5.97 Å². The first kappa shape index (κ1) is 17.0. The predicted molar refractivity (Wildman–Crippen MR) is 106 cm³/mol. The molecule has 5 heteroatoms. The summed E-state index contributed by atoms with van der Waals surface area (Å²) in [5.74, 6) is -0.468. The largest absolute Gasteiger partial charge is 0.462 e. The molecule has 0 aliphatic rings. The van der Waals surface area contributed by atoms with E-state index in [1.165, 1.54) is 0 Å². The predicted octanol–water partition coefficient (Wildman–Crippen LogP) is 4.02. The zero-order valence-corrected chi connectivity index (χ0v) is 15.1.